The lowest BCUT2D eigenvalue weighted by Gasteiger charge is -2.18. The van der Waals surface area contributed by atoms with Crippen LogP contribution in [0.15, 0.2) is 48.5 Å². The van der Waals surface area contributed by atoms with Crippen LogP contribution in [0.2, 0.25) is 10.0 Å². The summed E-state index contributed by atoms with van der Waals surface area (Å²) in [4.78, 5) is 23.0. The Balaban J connectivity index is 2.05. The molecule has 7 heteroatoms. The van der Waals surface area contributed by atoms with Crippen molar-refractivity contribution in [3.05, 3.63) is 69.7 Å². The molecule has 24 heavy (non-hydrogen) atoms. The Morgan fingerprint density at radius 2 is 1.83 bits per heavy atom. The van der Waals surface area contributed by atoms with Crippen molar-refractivity contribution in [1.82, 2.24) is 5.32 Å². The van der Waals surface area contributed by atoms with Crippen molar-refractivity contribution >= 4 is 35.3 Å². The van der Waals surface area contributed by atoms with Crippen molar-refractivity contribution in [2.75, 3.05) is 0 Å². The number of hydrogen-bond acceptors (Lipinski definition) is 3. The van der Waals surface area contributed by atoms with E-state index in [1.807, 2.05) is 30.3 Å². The van der Waals surface area contributed by atoms with Gasteiger partial charge in [0.2, 0.25) is 0 Å². The Hall–Kier alpha value is -2.24. The molecular formula is C17H15Cl2NO4. The highest BCUT2D eigenvalue weighted by atomic mass is 35.5. The molecule has 0 fully saturated rings. The van der Waals surface area contributed by atoms with Gasteiger partial charge in [0.25, 0.3) is 0 Å². The standard InChI is InChI=1S/C17H15Cl2NO4/c18-12-6-7-13(14(19)8-12)15(9-16(21)22)20-17(23)24-10-11-4-2-1-3-5-11/h1-8,15H,9-10H2,(H,20,23)(H,21,22)/t15-/m0/s1. The third kappa shape index (κ3) is 5.44. The summed E-state index contributed by atoms with van der Waals surface area (Å²) in [6.45, 7) is 0.0841. The van der Waals surface area contributed by atoms with E-state index in [9.17, 15) is 9.59 Å². The van der Waals surface area contributed by atoms with Crippen LogP contribution in [0.3, 0.4) is 0 Å². The summed E-state index contributed by atoms with van der Waals surface area (Å²) in [5.41, 5.74) is 1.28. The zero-order valence-corrected chi connectivity index (χ0v) is 14.1. The molecule has 0 heterocycles. The van der Waals surface area contributed by atoms with Gasteiger partial charge in [0, 0.05) is 10.0 Å². The number of halogens is 2. The number of benzene rings is 2. The lowest BCUT2D eigenvalue weighted by atomic mass is 10.0. The first-order valence-corrected chi connectivity index (χ1v) is 7.85. The molecule has 0 radical (unpaired) electrons. The minimum absolute atomic E-state index is 0.0841. The van der Waals surface area contributed by atoms with Crippen molar-refractivity contribution in [2.24, 2.45) is 0 Å². The van der Waals surface area contributed by atoms with Gasteiger partial charge < -0.3 is 15.2 Å². The zero-order valence-electron chi connectivity index (χ0n) is 12.5. The van der Waals surface area contributed by atoms with E-state index in [0.717, 1.165) is 5.56 Å². The second-order valence-electron chi connectivity index (χ2n) is 5.02. The molecule has 0 bridgehead atoms. The summed E-state index contributed by atoms with van der Waals surface area (Å²) in [6.07, 6.45) is -1.06. The molecule has 0 aliphatic carbocycles. The quantitative estimate of drug-likeness (QED) is 0.791. The van der Waals surface area contributed by atoms with E-state index < -0.39 is 18.1 Å². The van der Waals surface area contributed by atoms with Gasteiger partial charge in [0.15, 0.2) is 0 Å². The molecule has 0 aliphatic rings. The molecule has 5 nitrogen and oxygen atoms in total. The van der Waals surface area contributed by atoms with Crippen LogP contribution < -0.4 is 5.32 Å². The average molecular weight is 368 g/mol. The smallest absolute Gasteiger partial charge is 0.407 e. The molecule has 1 amide bonds. The number of carboxylic acids is 1. The fourth-order valence-electron chi connectivity index (χ4n) is 2.10. The lowest BCUT2D eigenvalue weighted by Crippen LogP contribution is -2.30. The minimum Gasteiger partial charge on any atom is -0.481 e. The highest BCUT2D eigenvalue weighted by Gasteiger charge is 2.21. The van der Waals surface area contributed by atoms with Gasteiger partial charge in [0.1, 0.15) is 6.61 Å². The van der Waals surface area contributed by atoms with Gasteiger partial charge in [-0.3, -0.25) is 4.79 Å². The van der Waals surface area contributed by atoms with Crippen molar-refractivity contribution in [3.8, 4) is 0 Å². The molecule has 0 unspecified atom stereocenters. The van der Waals surface area contributed by atoms with E-state index in [4.69, 9.17) is 33.0 Å². The second kappa shape index (κ2) is 8.57. The van der Waals surface area contributed by atoms with Crippen LogP contribution in [0.4, 0.5) is 4.79 Å². The number of amides is 1. The van der Waals surface area contributed by atoms with Crippen molar-refractivity contribution in [1.29, 1.82) is 0 Å². The van der Waals surface area contributed by atoms with Crippen LogP contribution in [0.5, 0.6) is 0 Å². The highest BCUT2D eigenvalue weighted by molar-refractivity contribution is 6.35. The molecular weight excluding hydrogens is 353 g/mol. The maximum absolute atomic E-state index is 12.0. The molecule has 0 aromatic heterocycles. The SMILES string of the molecule is O=C(O)C[C@H](NC(=O)OCc1ccccc1)c1ccc(Cl)cc1Cl. The van der Waals surface area contributed by atoms with E-state index in [1.54, 1.807) is 12.1 Å². The summed E-state index contributed by atoms with van der Waals surface area (Å²) in [7, 11) is 0. The minimum atomic E-state index is -1.07. The first-order valence-electron chi connectivity index (χ1n) is 7.09. The molecule has 0 aliphatic heterocycles. The van der Waals surface area contributed by atoms with Crippen LogP contribution in [-0.4, -0.2) is 17.2 Å². The largest absolute Gasteiger partial charge is 0.481 e. The summed E-state index contributed by atoms with van der Waals surface area (Å²) in [6, 6.07) is 13.0. The number of aliphatic carboxylic acids is 1. The number of hydrogen-bond donors (Lipinski definition) is 2. The Bertz CT molecular complexity index is 722. The van der Waals surface area contributed by atoms with Crippen LogP contribution in [0, 0.1) is 0 Å². The van der Waals surface area contributed by atoms with Gasteiger partial charge in [0.05, 0.1) is 12.5 Å². The van der Waals surface area contributed by atoms with Crippen LogP contribution >= 0.6 is 23.2 Å². The number of carbonyl (C=O) groups is 2. The van der Waals surface area contributed by atoms with Crippen LogP contribution in [0.1, 0.15) is 23.6 Å². The highest BCUT2D eigenvalue weighted by Crippen LogP contribution is 2.28. The summed E-state index contributed by atoms with van der Waals surface area (Å²) in [5.74, 6) is -1.07. The van der Waals surface area contributed by atoms with E-state index in [1.165, 1.54) is 6.07 Å². The Morgan fingerprint density at radius 1 is 1.12 bits per heavy atom. The van der Waals surface area contributed by atoms with Crippen molar-refractivity contribution < 1.29 is 19.4 Å². The van der Waals surface area contributed by atoms with Gasteiger partial charge in [-0.25, -0.2) is 4.79 Å². The zero-order chi connectivity index (χ0) is 17.5. The third-order valence-corrected chi connectivity index (χ3v) is 3.78. The fourth-order valence-corrected chi connectivity index (χ4v) is 2.64. The van der Waals surface area contributed by atoms with Gasteiger partial charge >= 0.3 is 12.1 Å². The Kier molecular flexibility index (Phi) is 6.46. The van der Waals surface area contributed by atoms with Gasteiger partial charge in [-0.05, 0) is 23.3 Å². The van der Waals surface area contributed by atoms with E-state index >= 15 is 0 Å². The fraction of sp³-hybridized carbons (Fsp3) is 0.176. The van der Waals surface area contributed by atoms with E-state index in [-0.39, 0.29) is 18.1 Å². The van der Waals surface area contributed by atoms with Crippen LogP contribution in [0.25, 0.3) is 0 Å². The molecule has 2 aromatic rings. The Morgan fingerprint density at radius 3 is 2.46 bits per heavy atom. The summed E-state index contributed by atoms with van der Waals surface area (Å²) < 4.78 is 5.11. The topological polar surface area (TPSA) is 75.6 Å². The van der Waals surface area contributed by atoms with Gasteiger partial charge in [-0.1, -0.05) is 59.6 Å². The van der Waals surface area contributed by atoms with Crippen molar-refractivity contribution in [2.45, 2.75) is 19.1 Å². The van der Waals surface area contributed by atoms with Crippen LogP contribution in [-0.2, 0) is 16.1 Å². The van der Waals surface area contributed by atoms with Gasteiger partial charge in [-0.2, -0.15) is 0 Å². The van der Waals surface area contributed by atoms with E-state index in [0.29, 0.717) is 10.6 Å². The first-order chi connectivity index (χ1) is 11.5. The maximum atomic E-state index is 12.0. The number of carboxylic acid groups (broad SMARTS) is 1. The normalized spacial score (nSPS) is 11.6. The summed E-state index contributed by atoms with van der Waals surface area (Å²) in [5, 5.41) is 12.3. The molecule has 2 aromatic carbocycles. The molecule has 1 atom stereocenters. The Labute approximate surface area is 149 Å². The number of alkyl carbamates (subject to hydrolysis) is 1. The number of nitrogens with one attached hydrogen (secondary N) is 1. The second-order valence-corrected chi connectivity index (χ2v) is 5.87. The number of ether oxygens (including phenoxy) is 1. The molecule has 0 spiro atoms. The van der Waals surface area contributed by atoms with Gasteiger partial charge in [-0.15, -0.1) is 0 Å². The first kappa shape index (κ1) is 18.1. The maximum Gasteiger partial charge on any atom is 0.407 e. The number of rotatable bonds is 6. The summed E-state index contributed by atoms with van der Waals surface area (Å²) >= 11 is 11.9. The predicted molar refractivity (Wildman–Crippen MR) is 91.2 cm³/mol. The average Bonchev–Trinajstić information content (AvgIpc) is 2.53. The monoisotopic (exact) mass is 367 g/mol. The van der Waals surface area contributed by atoms with Crippen molar-refractivity contribution in [3.63, 3.8) is 0 Å². The molecule has 126 valence electrons. The molecule has 2 rings (SSSR count). The third-order valence-electron chi connectivity index (χ3n) is 3.22. The predicted octanol–water partition coefficient (Wildman–Crippen LogP) is 4.44. The molecule has 0 saturated heterocycles. The number of carbonyl (C=O) groups excluding carboxylic acids is 1. The lowest BCUT2D eigenvalue weighted by molar-refractivity contribution is -0.137. The molecule has 2 N–H and O–H groups in total. The molecule has 0 saturated carbocycles. The van der Waals surface area contributed by atoms with E-state index in [2.05, 4.69) is 5.32 Å².